The predicted molar refractivity (Wildman–Crippen MR) is 87.5 cm³/mol. The van der Waals surface area contributed by atoms with Gasteiger partial charge in [0.15, 0.2) is 0 Å². The van der Waals surface area contributed by atoms with Crippen LogP contribution in [0.3, 0.4) is 0 Å². The molecule has 1 aliphatic rings. The number of rotatable bonds is 5. The molecular formula is C19H22N2O. The van der Waals surface area contributed by atoms with Crippen molar-refractivity contribution in [3.63, 3.8) is 0 Å². The highest BCUT2D eigenvalue weighted by molar-refractivity contribution is 5.79. The normalized spacial score (nSPS) is 15.4. The van der Waals surface area contributed by atoms with E-state index < -0.39 is 0 Å². The van der Waals surface area contributed by atoms with E-state index in [2.05, 4.69) is 29.4 Å². The summed E-state index contributed by atoms with van der Waals surface area (Å²) in [5.41, 5.74) is 4.41. The maximum Gasteiger partial charge on any atom is 0.224 e. The van der Waals surface area contributed by atoms with E-state index in [0.717, 1.165) is 11.3 Å². The van der Waals surface area contributed by atoms with Gasteiger partial charge < -0.3 is 5.32 Å². The lowest BCUT2D eigenvalue weighted by molar-refractivity contribution is -0.121. The molecule has 114 valence electrons. The Bertz CT molecular complexity index is 677. The SMILES string of the molecule is Cc1cccc(CC(=O)N[C@@H](c2cc(C)ccn2)C2CC2)c1. The van der Waals surface area contributed by atoms with Crippen LogP contribution in [0.5, 0.6) is 0 Å². The molecule has 0 aliphatic heterocycles. The van der Waals surface area contributed by atoms with E-state index in [0.29, 0.717) is 12.3 Å². The van der Waals surface area contributed by atoms with Gasteiger partial charge in [-0.3, -0.25) is 9.78 Å². The molecule has 1 atom stereocenters. The molecule has 0 saturated heterocycles. The number of pyridine rings is 1. The van der Waals surface area contributed by atoms with Crippen molar-refractivity contribution in [2.45, 2.75) is 39.2 Å². The number of hydrogen-bond acceptors (Lipinski definition) is 2. The highest BCUT2D eigenvalue weighted by Gasteiger charge is 2.34. The van der Waals surface area contributed by atoms with Crippen LogP contribution >= 0.6 is 0 Å². The number of amides is 1. The van der Waals surface area contributed by atoms with E-state index in [1.54, 1.807) is 0 Å². The number of carbonyl (C=O) groups excluding carboxylic acids is 1. The molecule has 0 radical (unpaired) electrons. The van der Waals surface area contributed by atoms with Crippen molar-refractivity contribution in [3.05, 3.63) is 65.0 Å². The van der Waals surface area contributed by atoms with E-state index in [-0.39, 0.29) is 11.9 Å². The van der Waals surface area contributed by atoms with Crippen LogP contribution in [0.1, 0.15) is 41.3 Å². The van der Waals surface area contributed by atoms with Crippen LogP contribution in [0, 0.1) is 19.8 Å². The Labute approximate surface area is 131 Å². The largest absolute Gasteiger partial charge is 0.347 e. The van der Waals surface area contributed by atoms with Gasteiger partial charge in [-0.15, -0.1) is 0 Å². The fourth-order valence-corrected chi connectivity index (χ4v) is 2.82. The molecule has 0 bridgehead atoms. The maximum absolute atomic E-state index is 12.4. The van der Waals surface area contributed by atoms with E-state index in [4.69, 9.17) is 0 Å². The van der Waals surface area contributed by atoms with E-state index in [1.165, 1.54) is 24.0 Å². The van der Waals surface area contributed by atoms with Crippen molar-refractivity contribution in [2.75, 3.05) is 0 Å². The van der Waals surface area contributed by atoms with Crippen molar-refractivity contribution in [1.82, 2.24) is 10.3 Å². The highest BCUT2D eigenvalue weighted by atomic mass is 16.1. The van der Waals surface area contributed by atoms with Crippen molar-refractivity contribution in [1.29, 1.82) is 0 Å². The lowest BCUT2D eigenvalue weighted by Gasteiger charge is -2.18. The summed E-state index contributed by atoms with van der Waals surface area (Å²) in [6.07, 6.45) is 4.60. The number of benzene rings is 1. The molecule has 1 aliphatic carbocycles. The minimum absolute atomic E-state index is 0.0530. The van der Waals surface area contributed by atoms with Crippen molar-refractivity contribution < 1.29 is 4.79 Å². The Balaban J connectivity index is 1.70. The van der Waals surface area contributed by atoms with Gasteiger partial charge in [0.1, 0.15) is 0 Å². The molecule has 1 fully saturated rings. The third-order valence-corrected chi connectivity index (χ3v) is 4.11. The molecule has 3 heteroatoms. The second kappa shape index (κ2) is 6.30. The summed E-state index contributed by atoms with van der Waals surface area (Å²) in [6.45, 7) is 4.11. The minimum Gasteiger partial charge on any atom is -0.347 e. The summed E-state index contributed by atoms with van der Waals surface area (Å²) in [6, 6.07) is 12.2. The Morgan fingerprint density at radius 3 is 2.68 bits per heavy atom. The van der Waals surface area contributed by atoms with Gasteiger partial charge in [-0.25, -0.2) is 0 Å². The first-order chi connectivity index (χ1) is 10.6. The first kappa shape index (κ1) is 14.8. The summed E-state index contributed by atoms with van der Waals surface area (Å²) in [5, 5.41) is 3.19. The van der Waals surface area contributed by atoms with Gasteiger partial charge in [0.2, 0.25) is 5.91 Å². The first-order valence-electron chi connectivity index (χ1n) is 7.89. The van der Waals surface area contributed by atoms with E-state index >= 15 is 0 Å². The zero-order valence-corrected chi connectivity index (χ0v) is 13.2. The van der Waals surface area contributed by atoms with Crippen molar-refractivity contribution in [2.24, 2.45) is 5.92 Å². The number of hydrogen-bond donors (Lipinski definition) is 1. The van der Waals surface area contributed by atoms with Gasteiger partial charge in [0.25, 0.3) is 0 Å². The lowest BCUT2D eigenvalue weighted by atomic mass is 10.0. The quantitative estimate of drug-likeness (QED) is 0.917. The molecule has 1 saturated carbocycles. The highest BCUT2D eigenvalue weighted by Crippen LogP contribution is 2.40. The van der Waals surface area contributed by atoms with E-state index in [9.17, 15) is 4.79 Å². The molecular weight excluding hydrogens is 272 g/mol. The molecule has 1 aromatic carbocycles. The number of nitrogens with zero attached hydrogens (tertiary/aromatic N) is 1. The van der Waals surface area contributed by atoms with Gasteiger partial charge in [0, 0.05) is 6.20 Å². The van der Waals surface area contributed by atoms with Gasteiger partial charge in [-0.2, -0.15) is 0 Å². The van der Waals surface area contributed by atoms with Crippen LogP contribution in [-0.4, -0.2) is 10.9 Å². The second-order valence-electron chi connectivity index (χ2n) is 6.31. The number of nitrogens with one attached hydrogen (secondary N) is 1. The number of carbonyl (C=O) groups is 1. The molecule has 3 nitrogen and oxygen atoms in total. The van der Waals surface area contributed by atoms with Gasteiger partial charge in [-0.05, 0) is 55.9 Å². The topological polar surface area (TPSA) is 42.0 Å². The van der Waals surface area contributed by atoms with E-state index in [1.807, 2.05) is 37.4 Å². The molecule has 0 unspecified atom stereocenters. The first-order valence-corrected chi connectivity index (χ1v) is 7.89. The molecule has 2 aromatic rings. The third-order valence-electron chi connectivity index (χ3n) is 4.11. The van der Waals surface area contributed by atoms with Crippen LogP contribution in [-0.2, 0) is 11.2 Å². The third kappa shape index (κ3) is 3.73. The molecule has 22 heavy (non-hydrogen) atoms. The van der Waals surface area contributed by atoms with Crippen LogP contribution in [0.15, 0.2) is 42.6 Å². The molecule has 0 spiro atoms. The molecule has 1 heterocycles. The van der Waals surface area contributed by atoms with Crippen LogP contribution in [0.25, 0.3) is 0 Å². The summed E-state index contributed by atoms with van der Waals surface area (Å²) in [5.74, 6) is 0.613. The average molecular weight is 294 g/mol. The van der Waals surface area contributed by atoms with Gasteiger partial charge >= 0.3 is 0 Å². The Kier molecular flexibility index (Phi) is 4.23. The van der Waals surface area contributed by atoms with Crippen molar-refractivity contribution >= 4 is 5.91 Å². The zero-order valence-electron chi connectivity index (χ0n) is 13.2. The lowest BCUT2D eigenvalue weighted by Crippen LogP contribution is -2.31. The average Bonchev–Trinajstić information content (AvgIpc) is 3.29. The fourth-order valence-electron chi connectivity index (χ4n) is 2.82. The summed E-state index contributed by atoms with van der Waals surface area (Å²) < 4.78 is 0. The predicted octanol–water partition coefficient (Wildman–Crippen LogP) is 3.51. The standard InChI is InChI=1S/C19H22N2O/c1-13-4-3-5-15(10-13)12-18(22)21-19(16-6-7-16)17-11-14(2)8-9-20-17/h3-5,8-11,16,19H,6-7,12H2,1-2H3,(H,21,22)/t19-/m1/s1. The molecule has 3 rings (SSSR count). The zero-order chi connectivity index (χ0) is 15.5. The van der Waals surface area contributed by atoms with Crippen LogP contribution < -0.4 is 5.32 Å². The summed E-state index contributed by atoms with van der Waals surface area (Å²) in [7, 11) is 0. The van der Waals surface area contributed by atoms with Gasteiger partial charge in [0.05, 0.1) is 18.2 Å². The smallest absolute Gasteiger partial charge is 0.224 e. The summed E-state index contributed by atoms with van der Waals surface area (Å²) >= 11 is 0. The maximum atomic E-state index is 12.4. The molecule has 1 N–H and O–H groups in total. The molecule has 1 aromatic heterocycles. The number of aryl methyl sites for hydroxylation is 2. The molecule has 1 amide bonds. The second-order valence-corrected chi connectivity index (χ2v) is 6.31. The summed E-state index contributed by atoms with van der Waals surface area (Å²) in [4.78, 5) is 16.8. The minimum atomic E-state index is 0.0530. The Morgan fingerprint density at radius 2 is 2.00 bits per heavy atom. The van der Waals surface area contributed by atoms with Crippen LogP contribution in [0.2, 0.25) is 0 Å². The Morgan fingerprint density at radius 1 is 1.23 bits per heavy atom. The number of aromatic nitrogens is 1. The fraction of sp³-hybridized carbons (Fsp3) is 0.368. The van der Waals surface area contributed by atoms with Crippen molar-refractivity contribution in [3.8, 4) is 0 Å². The van der Waals surface area contributed by atoms with Gasteiger partial charge in [-0.1, -0.05) is 29.8 Å². The monoisotopic (exact) mass is 294 g/mol. The van der Waals surface area contributed by atoms with Crippen LogP contribution in [0.4, 0.5) is 0 Å². The Hall–Kier alpha value is -2.16.